The summed E-state index contributed by atoms with van der Waals surface area (Å²) < 4.78 is 7.09. The molecular formula is H2NO4Zr. The number of nitrogens with zero attached hydrogens (tertiary/aromatic N) is 1. The molecule has 35 valence electrons. The van der Waals surface area contributed by atoms with Crippen molar-refractivity contribution >= 4 is 0 Å². The minimum atomic E-state index is -1.50. The molecule has 0 spiro atoms. The summed E-state index contributed by atoms with van der Waals surface area (Å²) in [4.78, 5) is 8.36. The van der Waals surface area contributed by atoms with Crippen LogP contribution in [0.4, 0.5) is 0 Å². The second-order valence-electron chi connectivity index (χ2n) is 0.238. The fourth-order valence-corrected chi connectivity index (χ4v) is 0. The first kappa shape index (κ1) is 9.40. The molecule has 0 rings (SSSR count). The van der Waals surface area contributed by atoms with Crippen molar-refractivity contribution in [2.75, 3.05) is 0 Å². The van der Waals surface area contributed by atoms with Crippen molar-refractivity contribution in [2.24, 2.45) is 0 Å². The second-order valence-corrected chi connectivity index (χ2v) is 0.238. The first-order valence-electron chi connectivity index (χ1n) is 0.789. The Morgan fingerprint density at radius 2 is 1.67 bits per heavy atom. The first-order chi connectivity index (χ1) is 2.73. The van der Waals surface area contributed by atoms with Gasteiger partial charge in [0.1, 0.15) is 0 Å². The predicted octanol–water partition coefficient (Wildman–Crippen LogP) is -0.907. The van der Waals surface area contributed by atoms with Crippen LogP contribution in [0.2, 0.25) is 0 Å². The van der Waals surface area contributed by atoms with E-state index in [-0.39, 0.29) is 0 Å². The SMILES string of the molecule is O=[N+]([O-])O.[OH][Zr]. The fourth-order valence-electron chi connectivity index (χ4n) is 0. The summed E-state index contributed by atoms with van der Waals surface area (Å²) in [5, 5.41) is 13.6. The average molecular weight is 171 g/mol. The Bertz CT molecular complexity index is 30.5. The van der Waals surface area contributed by atoms with Gasteiger partial charge >= 0.3 is 28.3 Å². The summed E-state index contributed by atoms with van der Waals surface area (Å²) in [6.07, 6.45) is 0. The number of hydrogen-bond donors (Lipinski definition) is 2. The molecule has 0 heterocycles. The van der Waals surface area contributed by atoms with Gasteiger partial charge in [-0.25, -0.2) is 0 Å². The molecule has 0 aliphatic rings. The molecule has 0 aliphatic heterocycles. The van der Waals surface area contributed by atoms with E-state index in [1.165, 1.54) is 0 Å². The third-order valence-corrected chi connectivity index (χ3v) is 0. The molecule has 0 unspecified atom stereocenters. The van der Waals surface area contributed by atoms with Crippen LogP contribution in [0.25, 0.3) is 0 Å². The summed E-state index contributed by atoms with van der Waals surface area (Å²) in [6.45, 7) is 0. The molecule has 0 saturated carbocycles. The summed E-state index contributed by atoms with van der Waals surface area (Å²) >= 11 is 0.550. The zero-order valence-corrected chi connectivity index (χ0v) is 5.12. The van der Waals surface area contributed by atoms with Crippen LogP contribution in [-0.2, 0) is 25.2 Å². The fraction of sp³-hybridized carbons (Fsp3) is 0. The molecule has 0 radical (unpaired) electrons. The second kappa shape index (κ2) is 8.90. The molecule has 0 aliphatic carbocycles. The van der Waals surface area contributed by atoms with E-state index in [2.05, 4.69) is 0 Å². The molecule has 6 heteroatoms. The number of rotatable bonds is 0. The molecule has 0 aromatic carbocycles. The van der Waals surface area contributed by atoms with Gasteiger partial charge in [0.25, 0.3) is 5.09 Å². The molecule has 0 fully saturated rings. The Morgan fingerprint density at radius 3 is 1.67 bits per heavy atom. The molecule has 6 heavy (non-hydrogen) atoms. The summed E-state index contributed by atoms with van der Waals surface area (Å²) in [7, 11) is 0. The van der Waals surface area contributed by atoms with E-state index in [1.54, 1.807) is 0 Å². The maximum absolute atomic E-state index is 8.36. The summed E-state index contributed by atoms with van der Waals surface area (Å²) in [5.41, 5.74) is 0. The first-order valence-corrected chi connectivity index (χ1v) is 1.89. The molecule has 2 N–H and O–H groups in total. The monoisotopic (exact) mass is 170 g/mol. The van der Waals surface area contributed by atoms with Crippen LogP contribution < -0.4 is 0 Å². The molecular weight excluding hydrogens is 169 g/mol. The van der Waals surface area contributed by atoms with Crippen molar-refractivity contribution in [1.82, 2.24) is 0 Å². The van der Waals surface area contributed by atoms with Crippen molar-refractivity contribution in [1.29, 1.82) is 0 Å². The van der Waals surface area contributed by atoms with Gasteiger partial charge in [-0.1, -0.05) is 0 Å². The third kappa shape index (κ3) is 20100. The van der Waals surface area contributed by atoms with E-state index in [1.807, 2.05) is 0 Å². The Hall–Kier alpha value is 0.0431. The number of hydrogen-bond acceptors (Lipinski definition) is 3. The van der Waals surface area contributed by atoms with Crippen LogP contribution in [0, 0.1) is 10.1 Å². The van der Waals surface area contributed by atoms with Crippen molar-refractivity contribution in [2.45, 2.75) is 0 Å². The Labute approximate surface area is 49.2 Å². The van der Waals surface area contributed by atoms with Gasteiger partial charge < -0.3 is 5.21 Å². The standard InChI is InChI=1S/HNO3.H2O.Zr/c2-1(3)4;;/h(H,2,3,4);1H2;/q;;+1/p-1. The molecule has 0 saturated heterocycles. The van der Waals surface area contributed by atoms with Gasteiger partial charge in [0.2, 0.25) is 0 Å². The van der Waals surface area contributed by atoms with Gasteiger partial charge in [0, 0.05) is 0 Å². The van der Waals surface area contributed by atoms with E-state index in [0.29, 0.717) is 25.2 Å². The van der Waals surface area contributed by atoms with E-state index in [9.17, 15) is 0 Å². The molecule has 5 nitrogen and oxygen atoms in total. The van der Waals surface area contributed by atoms with E-state index in [0.717, 1.165) is 0 Å². The van der Waals surface area contributed by atoms with Crippen LogP contribution >= 0.6 is 0 Å². The normalized spacial score (nSPS) is 4.67. The maximum atomic E-state index is 8.36. The van der Waals surface area contributed by atoms with E-state index in [4.69, 9.17) is 18.5 Å². The zero-order chi connectivity index (χ0) is 5.58. The van der Waals surface area contributed by atoms with Crippen molar-refractivity contribution in [3.05, 3.63) is 10.1 Å². The molecule has 0 aromatic heterocycles. The van der Waals surface area contributed by atoms with Crippen molar-refractivity contribution < 1.29 is 38.6 Å². The van der Waals surface area contributed by atoms with Gasteiger partial charge in [-0.15, -0.1) is 10.1 Å². The van der Waals surface area contributed by atoms with Crippen LogP contribution in [0.1, 0.15) is 0 Å². The Kier molecular flexibility index (Phi) is 13.9. The zero-order valence-electron chi connectivity index (χ0n) is 2.66. The van der Waals surface area contributed by atoms with Crippen LogP contribution in [0.5, 0.6) is 0 Å². The quantitative estimate of drug-likeness (QED) is 0.365. The summed E-state index contributed by atoms with van der Waals surface area (Å²) in [6, 6.07) is 0. The topological polar surface area (TPSA) is 83.6 Å². The predicted molar refractivity (Wildman–Crippen MR) is 11.0 cm³/mol. The Balaban J connectivity index is 0. The van der Waals surface area contributed by atoms with Gasteiger partial charge in [0.15, 0.2) is 0 Å². The Morgan fingerprint density at radius 1 is 1.67 bits per heavy atom. The van der Waals surface area contributed by atoms with E-state index >= 15 is 0 Å². The third-order valence-electron chi connectivity index (χ3n) is 0. The van der Waals surface area contributed by atoms with Crippen LogP contribution in [0.15, 0.2) is 0 Å². The summed E-state index contributed by atoms with van der Waals surface area (Å²) in [5.74, 6) is 0. The molecule has 0 amide bonds. The van der Waals surface area contributed by atoms with Gasteiger partial charge in [-0.2, -0.15) is 0 Å². The minimum absolute atomic E-state index is 0.550. The van der Waals surface area contributed by atoms with Crippen LogP contribution in [-0.4, -0.2) is 13.5 Å². The molecule has 0 aromatic rings. The van der Waals surface area contributed by atoms with Gasteiger partial charge in [0.05, 0.1) is 0 Å². The molecule has 0 bridgehead atoms. The van der Waals surface area contributed by atoms with Crippen LogP contribution in [0.3, 0.4) is 0 Å². The average Bonchev–Trinajstić information content (AvgIpc) is 1.41. The van der Waals surface area contributed by atoms with Gasteiger partial charge in [-0.3, -0.25) is 0 Å². The van der Waals surface area contributed by atoms with Crippen molar-refractivity contribution in [3.8, 4) is 0 Å². The molecule has 0 atom stereocenters. The van der Waals surface area contributed by atoms with E-state index < -0.39 is 5.09 Å². The van der Waals surface area contributed by atoms with Gasteiger partial charge in [-0.05, 0) is 0 Å². The van der Waals surface area contributed by atoms with Crippen molar-refractivity contribution in [3.63, 3.8) is 0 Å².